The summed E-state index contributed by atoms with van der Waals surface area (Å²) < 4.78 is 2.16. The van der Waals surface area contributed by atoms with Gasteiger partial charge in [-0.1, -0.05) is 66.4 Å². The van der Waals surface area contributed by atoms with Crippen LogP contribution in [0.25, 0.3) is 0 Å². The zero-order valence-corrected chi connectivity index (χ0v) is 19.9. The number of aryl methyl sites for hydroxylation is 3. The first-order chi connectivity index (χ1) is 15.6. The van der Waals surface area contributed by atoms with Crippen LogP contribution in [0.2, 0.25) is 0 Å². The third kappa shape index (κ3) is 5.66. The maximum atomic E-state index is 12.7. The number of benzene rings is 2. The Kier molecular flexibility index (Phi) is 7.39. The van der Waals surface area contributed by atoms with Crippen LogP contribution in [0.4, 0.5) is 5.69 Å². The van der Waals surface area contributed by atoms with E-state index in [1.165, 1.54) is 22.2 Å². The predicted octanol–water partition coefficient (Wildman–Crippen LogP) is 5.52. The molecule has 5 nitrogen and oxygen atoms in total. The Bertz CT molecular complexity index is 1150. The van der Waals surface area contributed by atoms with E-state index in [-0.39, 0.29) is 11.7 Å². The Morgan fingerprint density at radius 1 is 1.00 bits per heavy atom. The summed E-state index contributed by atoms with van der Waals surface area (Å²) in [5.41, 5.74) is 4.29. The molecule has 4 aromatic rings. The lowest BCUT2D eigenvalue weighted by Crippen LogP contribution is -2.16. The van der Waals surface area contributed by atoms with Crippen molar-refractivity contribution in [2.24, 2.45) is 0 Å². The van der Waals surface area contributed by atoms with E-state index in [1.807, 2.05) is 38.1 Å². The molecule has 0 spiro atoms. The van der Waals surface area contributed by atoms with Crippen molar-refractivity contribution in [3.05, 3.63) is 93.4 Å². The van der Waals surface area contributed by atoms with Crippen LogP contribution < -0.4 is 5.32 Å². The van der Waals surface area contributed by atoms with Gasteiger partial charge in [-0.3, -0.25) is 4.79 Å². The van der Waals surface area contributed by atoms with E-state index >= 15 is 0 Å². The van der Waals surface area contributed by atoms with Gasteiger partial charge in [-0.2, -0.15) is 0 Å². The van der Waals surface area contributed by atoms with Crippen molar-refractivity contribution < 1.29 is 4.79 Å². The molecule has 1 N–H and O–H groups in total. The number of amides is 1. The third-order valence-corrected chi connectivity index (χ3v) is 7.09. The van der Waals surface area contributed by atoms with Crippen molar-refractivity contribution >= 4 is 34.7 Å². The number of nitrogens with zero attached hydrogens (tertiary/aromatic N) is 3. The number of aromatic nitrogens is 3. The van der Waals surface area contributed by atoms with E-state index in [0.29, 0.717) is 0 Å². The summed E-state index contributed by atoms with van der Waals surface area (Å²) in [6.07, 6.45) is 1.63. The summed E-state index contributed by atoms with van der Waals surface area (Å²) in [5, 5.41) is 14.8. The molecule has 2 heterocycles. The quantitative estimate of drug-likeness (QED) is 0.333. The molecule has 0 bridgehead atoms. The molecule has 164 valence electrons. The molecule has 0 atom stereocenters. The second kappa shape index (κ2) is 10.6. The Morgan fingerprint density at radius 3 is 2.50 bits per heavy atom. The normalized spacial score (nSPS) is 10.9. The lowest BCUT2D eigenvalue weighted by atomic mass is 10.1. The number of hydrogen-bond donors (Lipinski definition) is 1. The molecule has 4 rings (SSSR count). The van der Waals surface area contributed by atoms with Crippen molar-refractivity contribution in [1.29, 1.82) is 0 Å². The minimum atomic E-state index is -0.0372. The van der Waals surface area contributed by atoms with Crippen molar-refractivity contribution in [2.45, 2.75) is 38.4 Å². The molecule has 0 saturated carbocycles. The molecule has 0 unspecified atom stereocenters. The minimum Gasteiger partial charge on any atom is -0.325 e. The number of hydrogen-bond acceptors (Lipinski definition) is 5. The maximum Gasteiger partial charge on any atom is 0.234 e. The Labute approximate surface area is 196 Å². The highest BCUT2D eigenvalue weighted by atomic mass is 32.2. The number of rotatable bonds is 9. The first-order valence-corrected chi connectivity index (χ1v) is 12.4. The molecular formula is C25H26N4OS2. The lowest BCUT2D eigenvalue weighted by molar-refractivity contribution is -0.113. The van der Waals surface area contributed by atoms with Gasteiger partial charge in [-0.25, -0.2) is 0 Å². The number of nitrogens with one attached hydrogen (secondary N) is 1. The van der Waals surface area contributed by atoms with Crippen LogP contribution in [0.3, 0.4) is 0 Å². The molecule has 0 aliphatic heterocycles. The van der Waals surface area contributed by atoms with Gasteiger partial charge in [0.2, 0.25) is 5.91 Å². The van der Waals surface area contributed by atoms with Gasteiger partial charge in [-0.05, 0) is 48.4 Å². The zero-order valence-electron chi connectivity index (χ0n) is 18.2. The third-order valence-electron chi connectivity index (χ3n) is 5.25. The van der Waals surface area contributed by atoms with Crippen molar-refractivity contribution in [2.75, 3.05) is 11.1 Å². The van der Waals surface area contributed by atoms with Crippen LogP contribution in [0.15, 0.2) is 71.2 Å². The molecule has 2 aromatic heterocycles. The maximum absolute atomic E-state index is 12.7. The van der Waals surface area contributed by atoms with Gasteiger partial charge in [0.05, 0.1) is 5.75 Å². The Balaban J connectivity index is 1.47. The van der Waals surface area contributed by atoms with E-state index in [0.717, 1.165) is 47.2 Å². The number of anilines is 1. The summed E-state index contributed by atoms with van der Waals surface area (Å²) in [5.74, 6) is 1.18. The fourth-order valence-electron chi connectivity index (χ4n) is 3.55. The second-order valence-corrected chi connectivity index (χ2v) is 9.62. The Hall–Kier alpha value is -2.90. The van der Waals surface area contributed by atoms with Crippen LogP contribution in [-0.4, -0.2) is 26.4 Å². The van der Waals surface area contributed by atoms with E-state index in [2.05, 4.69) is 61.9 Å². The summed E-state index contributed by atoms with van der Waals surface area (Å²) in [7, 11) is 0. The summed E-state index contributed by atoms with van der Waals surface area (Å²) in [6, 6.07) is 20.6. The summed E-state index contributed by atoms with van der Waals surface area (Å²) in [6.45, 7) is 4.79. The molecule has 0 saturated heterocycles. The fraction of sp³-hybridized carbons (Fsp3) is 0.240. The van der Waals surface area contributed by atoms with Gasteiger partial charge < -0.3 is 9.88 Å². The topological polar surface area (TPSA) is 59.8 Å². The summed E-state index contributed by atoms with van der Waals surface area (Å²) in [4.78, 5) is 13.9. The minimum absolute atomic E-state index is 0.0372. The highest BCUT2D eigenvalue weighted by Crippen LogP contribution is 2.23. The van der Waals surface area contributed by atoms with Gasteiger partial charge in [0.1, 0.15) is 5.82 Å². The number of thioether (sulfide) groups is 1. The molecule has 0 fully saturated rings. The first kappa shape index (κ1) is 22.3. The van der Waals surface area contributed by atoms with E-state index in [4.69, 9.17) is 0 Å². The monoisotopic (exact) mass is 462 g/mol. The lowest BCUT2D eigenvalue weighted by Gasteiger charge is -2.12. The number of thiophene rings is 1. The molecule has 0 radical (unpaired) electrons. The van der Waals surface area contributed by atoms with E-state index in [1.54, 1.807) is 11.3 Å². The van der Waals surface area contributed by atoms with Gasteiger partial charge in [-0.15, -0.1) is 21.5 Å². The van der Waals surface area contributed by atoms with Crippen LogP contribution >= 0.6 is 23.1 Å². The largest absolute Gasteiger partial charge is 0.325 e. The van der Waals surface area contributed by atoms with Crippen molar-refractivity contribution in [3.63, 3.8) is 0 Å². The molecule has 32 heavy (non-hydrogen) atoms. The van der Waals surface area contributed by atoms with Crippen LogP contribution in [-0.2, 0) is 24.2 Å². The van der Waals surface area contributed by atoms with Crippen molar-refractivity contribution in [1.82, 2.24) is 14.8 Å². The van der Waals surface area contributed by atoms with Gasteiger partial charge in [0.15, 0.2) is 5.16 Å². The molecule has 0 aliphatic rings. The van der Waals surface area contributed by atoms with Crippen molar-refractivity contribution in [3.8, 4) is 0 Å². The zero-order chi connectivity index (χ0) is 22.3. The predicted molar refractivity (Wildman–Crippen MR) is 133 cm³/mol. The molecular weight excluding hydrogens is 436 g/mol. The molecule has 1 amide bonds. The summed E-state index contributed by atoms with van der Waals surface area (Å²) >= 11 is 3.16. The van der Waals surface area contributed by atoms with E-state index in [9.17, 15) is 4.79 Å². The smallest absolute Gasteiger partial charge is 0.234 e. The van der Waals surface area contributed by atoms with E-state index < -0.39 is 0 Å². The molecule has 0 aliphatic carbocycles. The van der Waals surface area contributed by atoms with Gasteiger partial charge in [0.25, 0.3) is 0 Å². The van der Waals surface area contributed by atoms with Crippen LogP contribution in [0.1, 0.15) is 27.4 Å². The fourth-order valence-corrected chi connectivity index (χ4v) is 5.04. The first-order valence-electron chi connectivity index (χ1n) is 10.6. The number of carbonyl (C=O) groups excluding carboxylic acids is 1. The van der Waals surface area contributed by atoms with Gasteiger partial charge >= 0.3 is 0 Å². The number of para-hydroxylation sites is 1. The average molecular weight is 463 g/mol. The second-order valence-electron chi connectivity index (χ2n) is 7.65. The highest BCUT2D eigenvalue weighted by molar-refractivity contribution is 7.99. The number of carbonyl (C=O) groups is 1. The SMILES string of the molecule is Cc1cccc(C)c1NC(=O)CSc1nnc(Cc2cccs2)n1CCc1ccccc1. The highest BCUT2D eigenvalue weighted by Gasteiger charge is 2.16. The Morgan fingerprint density at radius 2 is 1.78 bits per heavy atom. The molecule has 7 heteroatoms. The van der Waals surface area contributed by atoms with Gasteiger partial charge in [0, 0.05) is 23.5 Å². The average Bonchev–Trinajstić information content (AvgIpc) is 3.44. The molecule has 2 aromatic carbocycles. The van der Waals surface area contributed by atoms with Crippen LogP contribution in [0.5, 0.6) is 0 Å². The standard InChI is InChI=1S/C25H26N4OS2/c1-18-8-6-9-19(2)24(18)26-23(30)17-32-25-28-27-22(16-21-12-7-15-31-21)29(25)14-13-20-10-4-3-5-11-20/h3-12,15H,13-14,16-17H2,1-2H3,(H,26,30). The van der Waals surface area contributed by atoms with Crippen LogP contribution in [0, 0.1) is 13.8 Å².